The summed E-state index contributed by atoms with van der Waals surface area (Å²) in [5.74, 6) is 0.662. The van der Waals surface area contributed by atoms with E-state index in [4.69, 9.17) is 9.40 Å². The largest absolute Gasteiger partial charge is 0.464 e. The van der Waals surface area contributed by atoms with Gasteiger partial charge in [-0.25, -0.2) is 14.4 Å². The maximum absolute atomic E-state index is 13.5. The van der Waals surface area contributed by atoms with Crippen molar-refractivity contribution in [1.82, 2.24) is 14.9 Å². The fraction of sp³-hybridized carbons (Fsp3) is 0.296. The van der Waals surface area contributed by atoms with Gasteiger partial charge in [0.25, 0.3) is 0 Å². The molecular formula is C27H26FN3O2. The molecule has 0 amide bonds. The van der Waals surface area contributed by atoms with Crippen LogP contribution < -0.4 is 5.43 Å². The van der Waals surface area contributed by atoms with Gasteiger partial charge < -0.3 is 4.42 Å². The molecule has 1 fully saturated rings. The van der Waals surface area contributed by atoms with Crippen molar-refractivity contribution < 1.29 is 8.81 Å². The van der Waals surface area contributed by atoms with E-state index in [0.717, 1.165) is 54.1 Å². The number of aryl methyl sites for hydroxylation is 2. The van der Waals surface area contributed by atoms with Crippen molar-refractivity contribution in [2.24, 2.45) is 0 Å². The van der Waals surface area contributed by atoms with Crippen LogP contribution in [0.4, 0.5) is 4.39 Å². The van der Waals surface area contributed by atoms with E-state index in [1.54, 1.807) is 18.4 Å². The summed E-state index contributed by atoms with van der Waals surface area (Å²) in [6.07, 6.45) is 5.45. The van der Waals surface area contributed by atoms with Crippen LogP contribution >= 0.6 is 0 Å². The lowest BCUT2D eigenvalue weighted by Gasteiger charge is -2.33. The van der Waals surface area contributed by atoms with Crippen LogP contribution in [0.25, 0.3) is 22.1 Å². The predicted molar refractivity (Wildman–Crippen MR) is 127 cm³/mol. The van der Waals surface area contributed by atoms with Crippen molar-refractivity contribution in [2.45, 2.75) is 39.2 Å². The average Bonchev–Trinajstić information content (AvgIpc) is 2.82. The van der Waals surface area contributed by atoms with E-state index >= 15 is 0 Å². The van der Waals surface area contributed by atoms with Gasteiger partial charge in [-0.1, -0.05) is 23.8 Å². The Balaban J connectivity index is 1.43. The van der Waals surface area contributed by atoms with Crippen molar-refractivity contribution in [2.75, 3.05) is 13.1 Å². The third-order valence-electron chi connectivity index (χ3n) is 6.38. The normalized spacial score (nSPS) is 16.9. The Kier molecular flexibility index (Phi) is 5.77. The summed E-state index contributed by atoms with van der Waals surface area (Å²) in [6, 6.07) is 12.2. The third kappa shape index (κ3) is 4.44. The molecule has 0 bridgehead atoms. The predicted octanol–water partition coefficient (Wildman–Crippen LogP) is 5.39. The molecule has 2 aromatic carbocycles. The van der Waals surface area contributed by atoms with Crippen molar-refractivity contribution in [1.29, 1.82) is 0 Å². The van der Waals surface area contributed by atoms with E-state index in [9.17, 15) is 9.18 Å². The highest BCUT2D eigenvalue weighted by molar-refractivity contribution is 5.77. The Morgan fingerprint density at radius 1 is 1.15 bits per heavy atom. The van der Waals surface area contributed by atoms with Crippen LogP contribution in [-0.4, -0.2) is 28.0 Å². The highest BCUT2D eigenvalue weighted by Crippen LogP contribution is 2.33. The number of aromatic nitrogens is 2. The Hall–Kier alpha value is -3.38. The van der Waals surface area contributed by atoms with E-state index in [2.05, 4.69) is 9.88 Å². The van der Waals surface area contributed by atoms with Gasteiger partial charge >= 0.3 is 0 Å². The van der Waals surface area contributed by atoms with Gasteiger partial charge in [0.1, 0.15) is 17.2 Å². The lowest BCUT2D eigenvalue weighted by atomic mass is 9.89. The topological polar surface area (TPSA) is 59.2 Å². The molecule has 2 aromatic heterocycles. The van der Waals surface area contributed by atoms with Gasteiger partial charge in [-0.15, -0.1) is 0 Å². The zero-order chi connectivity index (χ0) is 22.9. The molecular weight excluding hydrogens is 417 g/mol. The van der Waals surface area contributed by atoms with E-state index in [1.165, 1.54) is 12.1 Å². The molecule has 0 spiro atoms. The molecule has 1 saturated heterocycles. The molecule has 1 unspecified atom stereocenters. The Morgan fingerprint density at radius 3 is 2.79 bits per heavy atom. The molecule has 0 saturated carbocycles. The van der Waals surface area contributed by atoms with Gasteiger partial charge in [0, 0.05) is 36.3 Å². The maximum atomic E-state index is 13.5. The zero-order valence-corrected chi connectivity index (χ0v) is 18.8. The quantitative estimate of drug-likeness (QED) is 0.424. The van der Waals surface area contributed by atoms with Crippen LogP contribution in [0.2, 0.25) is 0 Å². The first-order chi connectivity index (χ1) is 16.0. The SMILES string of the molecule is Cc1ccc2occ(CN3CCCC(c4nc(C)ncc4-c4ccc(F)cc4)C3)c(=O)c2c1. The number of halogens is 1. The molecule has 1 aliphatic rings. The second-order valence-electron chi connectivity index (χ2n) is 8.89. The van der Waals surface area contributed by atoms with Crippen LogP contribution in [0.1, 0.15) is 41.4 Å². The number of nitrogens with zero attached hydrogens (tertiary/aromatic N) is 3. The fourth-order valence-corrected chi connectivity index (χ4v) is 4.71. The lowest BCUT2D eigenvalue weighted by molar-refractivity contribution is 0.197. The second kappa shape index (κ2) is 8.87. The van der Waals surface area contributed by atoms with Crippen LogP contribution in [-0.2, 0) is 6.54 Å². The average molecular weight is 444 g/mol. The Bertz CT molecular complexity index is 1360. The molecule has 0 aliphatic carbocycles. The Morgan fingerprint density at radius 2 is 1.97 bits per heavy atom. The summed E-state index contributed by atoms with van der Waals surface area (Å²) in [5.41, 5.74) is 5.20. The van der Waals surface area contributed by atoms with E-state index in [1.807, 2.05) is 38.2 Å². The van der Waals surface area contributed by atoms with Gasteiger partial charge in [-0.05, 0) is 63.1 Å². The van der Waals surface area contributed by atoms with Crippen LogP contribution in [0, 0.1) is 19.7 Å². The number of likely N-dealkylation sites (tertiary alicyclic amines) is 1. The summed E-state index contributed by atoms with van der Waals surface area (Å²) < 4.78 is 19.2. The number of hydrogen-bond acceptors (Lipinski definition) is 5. The number of rotatable bonds is 4. The molecule has 3 heterocycles. The number of fused-ring (bicyclic) bond motifs is 1. The van der Waals surface area contributed by atoms with Crippen molar-refractivity contribution >= 4 is 11.0 Å². The number of hydrogen-bond donors (Lipinski definition) is 0. The third-order valence-corrected chi connectivity index (χ3v) is 6.38. The first-order valence-corrected chi connectivity index (χ1v) is 11.3. The monoisotopic (exact) mass is 443 g/mol. The minimum atomic E-state index is -0.262. The lowest BCUT2D eigenvalue weighted by Crippen LogP contribution is -2.35. The number of piperidine rings is 1. The zero-order valence-electron chi connectivity index (χ0n) is 18.8. The molecule has 1 atom stereocenters. The Labute approximate surface area is 191 Å². The standard InChI is InChI=1S/C27H26FN3O2/c1-17-5-10-25-23(12-17)27(32)21(16-33-25)15-31-11-3-4-20(14-31)26-24(13-29-18(2)30-26)19-6-8-22(28)9-7-19/h5-10,12-13,16,20H,3-4,11,14-15H2,1-2H3. The first-order valence-electron chi connectivity index (χ1n) is 11.3. The van der Waals surface area contributed by atoms with Gasteiger partial charge in [-0.3, -0.25) is 9.69 Å². The minimum Gasteiger partial charge on any atom is -0.464 e. The fourth-order valence-electron chi connectivity index (χ4n) is 4.71. The second-order valence-corrected chi connectivity index (χ2v) is 8.89. The van der Waals surface area contributed by atoms with E-state index in [0.29, 0.717) is 23.1 Å². The summed E-state index contributed by atoms with van der Waals surface area (Å²) in [7, 11) is 0. The van der Waals surface area contributed by atoms with Gasteiger partial charge in [0.15, 0.2) is 5.43 Å². The van der Waals surface area contributed by atoms with Crippen LogP contribution in [0.3, 0.4) is 0 Å². The highest BCUT2D eigenvalue weighted by atomic mass is 19.1. The molecule has 6 heteroatoms. The smallest absolute Gasteiger partial charge is 0.197 e. The molecule has 0 radical (unpaired) electrons. The first kappa shape index (κ1) is 21.5. The van der Waals surface area contributed by atoms with Crippen molar-refractivity contribution in [3.8, 4) is 11.1 Å². The minimum absolute atomic E-state index is 0.0342. The summed E-state index contributed by atoms with van der Waals surface area (Å²) in [4.78, 5) is 24.6. The van der Waals surface area contributed by atoms with Crippen LogP contribution in [0.15, 0.2) is 64.1 Å². The van der Waals surface area contributed by atoms with Crippen molar-refractivity contribution in [3.63, 3.8) is 0 Å². The highest BCUT2D eigenvalue weighted by Gasteiger charge is 2.26. The van der Waals surface area contributed by atoms with Gasteiger partial charge in [0.2, 0.25) is 0 Å². The van der Waals surface area contributed by atoms with Gasteiger partial charge in [-0.2, -0.15) is 0 Å². The summed E-state index contributed by atoms with van der Waals surface area (Å²) >= 11 is 0. The molecule has 5 rings (SSSR count). The van der Waals surface area contributed by atoms with Crippen molar-refractivity contribution in [3.05, 3.63) is 93.6 Å². The molecule has 0 N–H and O–H groups in total. The number of benzene rings is 2. The van der Waals surface area contributed by atoms with E-state index in [-0.39, 0.29) is 17.2 Å². The maximum Gasteiger partial charge on any atom is 0.197 e. The molecule has 168 valence electrons. The summed E-state index contributed by atoms with van der Waals surface area (Å²) in [6.45, 7) is 6.11. The molecule has 33 heavy (non-hydrogen) atoms. The summed E-state index contributed by atoms with van der Waals surface area (Å²) in [5, 5.41) is 0.631. The van der Waals surface area contributed by atoms with Gasteiger partial charge in [0.05, 0.1) is 17.3 Å². The van der Waals surface area contributed by atoms with Crippen LogP contribution in [0.5, 0.6) is 0 Å². The molecule has 4 aromatic rings. The van der Waals surface area contributed by atoms with E-state index < -0.39 is 0 Å². The molecule has 5 nitrogen and oxygen atoms in total. The molecule has 1 aliphatic heterocycles.